The van der Waals surface area contributed by atoms with Crippen molar-refractivity contribution in [1.82, 2.24) is 14.7 Å². The third-order valence-electron chi connectivity index (χ3n) is 4.29. The van der Waals surface area contributed by atoms with Crippen molar-refractivity contribution < 1.29 is 19.4 Å². The van der Waals surface area contributed by atoms with Crippen molar-refractivity contribution in [3.05, 3.63) is 0 Å². The topological polar surface area (TPSA) is 73.3 Å². The first-order chi connectivity index (χ1) is 9.96. The zero-order valence-corrected chi connectivity index (χ0v) is 12.9. The summed E-state index contributed by atoms with van der Waals surface area (Å²) in [4.78, 5) is 29.4. The van der Waals surface area contributed by atoms with Gasteiger partial charge in [0, 0.05) is 46.9 Å². The second kappa shape index (κ2) is 6.72. The second-order valence-electron chi connectivity index (χ2n) is 5.95. The third kappa shape index (κ3) is 3.72. The smallest absolute Gasteiger partial charge is 0.255 e. The molecule has 21 heavy (non-hydrogen) atoms. The minimum atomic E-state index is -1.37. The summed E-state index contributed by atoms with van der Waals surface area (Å²) in [5, 5.41) is 10.7. The molecule has 2 amide bonds. The summed E-state index contributed by atoms with van der Waals surface area (Å²) in [7, 11) is 3.36. The van der Waals surface area contributed by atoms with E-state index in [9.17, 15) is 14.7 Å². The predicted molar refractivity (Wildman–Crippen MR) is 76.7 cm³/mol. The van der Waals surface area contributed by atoms with Crippen molar-refractivity contribution in [2.24, 2.45) is 0 Å². The molecule has 0 radical (unpaired) electrons. The molecule has 0 bridgehead atoms. The van der Waals surface area contributed by atoms with E-state index in [1.807, 2.05) is 4.90 Å². The lowest BCUT2D eigenvalue weighted by Crippen LogP contribution is -2.61. The average Bonchev–Trinajstić information content (AvgIpc) is 2.45. The van der Waals surface area contributed by atoms with Crippen LogP contribution in [0.3, 0.4) is 0 Å². The van der Waals surface area contributed by atoms with Gasteiger partial charge in [-0.1, -0.05) is 0 Å². The summed E-state index contributed by atoms with van der Waals surface area (Å²) >= 11 is 0. The fourth-order valence-corrected chi connectivity index (χ4v) is 2.94. The molecular weight excluding hydrogens is 274 g/mol. The number of likely N-dealkylation sites (N-methyl/N-ethyl adjacent to an activating group) is 1. The van der Waals surface area contributed by atoms with E-state index in [1.165, 1.54) is 0 Å². The first kappa shape index (κ1) is 16.2. The number of likely N-dealkylation sites (tertiary alicyclic amines) is 1. The summed E-state index contributed by atoms with van der Waals surface area (Å²) < 4.78 is 5.00. The van der Waals surface area contributed by atoms with Crippen LogP contribution in [0.25, 0.3) is 0 Å². The molecule has 7 nitrogen and oxygen atoms in total. The van der Waals surface area contributed by atoms with Crippen LogP contribution in [0.5, 0.6) is 0 Å². The van der Waals surface area contributed by atoms with Gasteiger partial charge in [0.05, 0.1) is 13.2 Å². The molecule has 0 saturated carbocycles. The van der Waals surface area contributed by atoms with Crippen molar-refractivity contribution in [2.75, 3.05) is 60.0 Å². The van der Waals surface area contributed by atoms with Crippen LogP contribution in [0.2, 0.25) is 0 Å². The van der Waals surface area contributed by atoms with Gasteiger partial charge in [-0.25, -0.2) is 0 Å². The van der Waals surface area contributed by atoms with Crippen molar-refractivity contribution >= 4 is 11.8 Å². The van der Waals surface area contributed by atoms with Crippen LogP contribution >= 0.6 is 0 Å². The molecule has 0 aliphatic carbocycles. The Morgan fingerprint density at radius 1 is 1.29 bits per heavy atom. The molecule has 0 aromatic heterocycles. The summed E-state index contributed by atoms with van der Waals surface area (Å²) in [6.07, 6.45) is 1.23. The summed E-state index contributed by atoms with van der Waals surface area (Å²) in [5.41, 5.74) is -1.37. The van der Waals surface area contributed by atoms with Gasteiger partial charge < -0.3 is 19.6 Å². The first-order valence-corrected chi connectivity index (χ1v) is 7.43. The Hall–Kier alpha value is -1.18. The Morgan fingerprint density at radius 3 is 2.71 bits per heavy atom. The second-order valence-corrected chi connectivity index (χ2v) is 5.95. The van der Waals surface area contributed by atoms with Gasteiger partial charge in [0.15, 0.2) is 5.60 Å². The van der Waals surface area contributed by atoms with Crippen molar-refractivity contribution in [2.45, 2.75) is 18.4 Å². The number of piperazine rings is 1. The van der Waals surface area contributed by atoms with E-state index in [2.05, 4.69) is 0 Å². The molecule has 7 heteroatoms. The number of amides is 2. The lowest BCUT2D eigenvalue weighted by molar-refractivity contribution is -0.162. The maximum absolute atomic E-state index is 12.5. The molecule has 2 rings (SSSR count). The largest absolute Gasteiger partial charge is 0.383 e. The van der Waals surface area contributed by atoms with Crippen molar-refractivity contribution in [3.8, 4) is 0 Å². The fraction of sp³-hybridized carbons (Fsp3) is 0.857. The molecular formula is C14H25N3O4. The number of methoxy groups -OCH3 is 1. The van der Waals surface area contributed by atoms with Gasteiger partial charge in [-0.15, -0.1) is 0 Å². The Bertz CT molecular complexity index is 404. The SMILES string of the molecule is COCCN1CCC[C@](O)(CN2CCN(C)C(=O)C2)C1=O. The molecule has 2 heterocycles. The average molecular weight is 299 g/mol. The number of β-amino-alcohol motifs (C(OH)–C–C–N with tert-alkyl or cyclic N) is 1. The van der Waals surface area contributed by atoms with Gasteiger partial charge in [0.25, 0.3) is 5.91 Å². The Labute approximate surface area is 125 Å². The highest BCUT2D eigenvalue weighted by molar-refractivity contribution is 5.86. The summed E-state index contributed by atoms with van der Waals surface area (Å²) in [6.45, 7) is 3.45. The Kier molecular flexibility index (Phi) is 5.18. The molecule has 0 spiro atoms. The van der Waals surface area contributed by atoms with Crippen molar-refractivity contribution in [3.63, 3.8) is 0 Å². The third-order valence-corrected chi connectivity index (χ3v) is 4.29. The number of piperidine rings is 1. The number of carbonyl (C=O) groups is 2. The van der Waals surface area contributed by atoms with Crippen molar-refractivity contribution in [1.29, 1.82) is 0 Å². The first-order valence-electron chi connectivity index (χ1n) is 7.43. The molecule has 120 valence electrons. The zero-order chi connectivity index (χ0) is 15.5. The van der Waals surface area contributed by atoms with Gasteiger partial charge in [-0.05, 0) is 12.8 Å². The zero-order valence-electron chi connectivity index (χ0n) is 12.9. The standard InChI is InChI=1S/C14H25N3O4/c1-15-6-7-16(10-12(15)18)11-14(20)4-3-5-17(13(14)19)8-9-21-2/h20H,3-11H2,1-2H3/t14-/m0/s1. The number of hydrogen-bond acceptors (Lipinski definition) is 5. The van der Waals surface area contributed by atoms with Crippen LogP contribution in [0.4, 0.5) is 0 Å². The van der Waals surface area contributed by atoms with E-state index in [4.69, 9.17) is 4.74 Å². The maximum atomic E-state index is 12.5. The monoisotopic (exact) mass is 299 g/mol. The number of hydrogen-bond donors (Lipinski definition) is 1. The highest BCUT2D eigenvalue weighted by atomic mass is 16.5. The molecule has 0 aromatic carbocycles. The minimum absolute atomic E-state index is 0.0318. The molecule has 2 saturated heterocycles. The number of nitrogens with zero attached hydrogens (tertiary/aromatic N) is 3. The minimum Gasteiger partial charge on any atom is -0.383 e. The Morgan fingerprint density at radius 2 is 2.05 bits per heavy atom. The van der Waals surface area contributed by atoms with Gasteiger partial charge in [0.2, 0.25) is 5.91 Å². The number of rotatable bonds is 5. The lowest BCUT2D eigenvalue weighted by atomic mass is 9.91. The summed E-state index contributed by atoms with van der Waals surface area (Å²) in [6, 6.07) is 0. The number of aliphatic hydroxyl groups is 1. The highest BCUT2D eigenvalue weighted by Gasteiger charge is 2.43. The van der Waals surface area contributed by atoms with E-state index < -0.39 is 5.60 Å². The molecule has 2 fully saturated rings. The molecule has 2 aliphatic rings. The molecule has 0 unspecified atom stereocenters. The van der Waals surface area contributed by atoms with E-state index in [0.29, 0.717) is 39.2 Å². The fourth-order valence-electron chi connectivity index (χ4n) is 2.94. The maximum Gasteiger partial charge on any atom is 0.255 e. The Balaban J connectivity index is 1.96. The molecule has 0 aromatic rings. The van der Waals surface area contributed by atoms with E-state index in [0.717, 1.165) is 6.42 Å². The van der Waals surface area contributed by atoms with Crippen LogP contribution in [-0.2, 0) is 14.3 Å². The van der Waals surface area contributed by atoms with E-state index in [1.54, 1.807) is 24.0 Å². The van der Waals surface area contributed by atoms with E-state index >= 15 is 0 Å². The normalized spacial score (nSPS) is 28.3. The quantitative estimate of drug-likeness (QED) is 0.687. The van der Waals surface area contributed by atoms with Gasteiger partial charge in [-0.2, -0.15) is 0 Å². The van der Waals surface area contributed by atoms with Crippen LogP contribution < -0.4 is 0 Å². The number of carbonyl (C=O) groups excluding carboxylic acids is 2. The van der Waals surface area contributed by atoms with Gasteiger partial charge in [0.1, 0.15) is 0 Å². The number of ether oxygens (including phenoxy) is 1. The lowest BCUT2D eigenvalue weighted by Gasteiger charge is -2.42. The van der Waals surface area contributed by atoms with Crippen LogP contribution in [0.1, 0.15) is 12.8 Å². The highest BCUT2D eigenvalue weighted by Crippen LogP contribution is 2.24. The van der Waals surface area contributed by atoms with Gasteiger partial charge in [-0.3, -0.25) is 14.5 Å². The summed E-state index contributed by atoms with van der Waals surface area (Å²) in [5.74, 6) is -0.207. The van der Waals surface area contributed by atoms with Gasteiger partial charge >= 0.3 is 0 Å². The van der Waals surface area contributed by atoms with E-state index in [-0.39, 0.29) is 24.9 Å². The molecule has 1 atom stereocenters. The molecule has 2 aliphatic heterocycles. The molecule has 1 N–H and O–H groups in total. The van der Waals surface area contributed by atoms with Crippen LogP contribution in [0, 0.1) is 0 Å². The van der Waals surface area contributed by atoms with Crippen LogP contribution in [-0.4, -0.2) is 97.3 Å². The predicted octanol–water partition coefficient (Wildman–Crippen LogP) is -1.24. The van der Waals surface area contributed by atoms with Crippen LogP contribution in [0.15, 0.2) is 0 Å².